The molecule has 18 heavy (non-hydrogen) atoms. The molecule has 7 heteroatoms. The third kappa shape index (κ3) is 3.09. The Morgan fingerprint density at radius 1 is 1.33 bits per heavy atom. The standard InChI is InChI=1S/C11H15NO4S2/c13-11(14)8-1-3-9(4-2-8)12-18(15,16)10-5-6-17-7-10/h5-9,12H,1-4H2,(H,13,14). The molecular formula is C11H15NO4S2. The second kappa shape index (κ2) is 5.38. The van der Waals surface area contributed by atoms with Gasteiger partial charge in [0.25, 0.3) is 0 Å². The summed E-state index contributed by atoms with van der Waals surface area (Å²) in [6.45, 7) is 0. The molecule has 1 aliphatic carbocycles. The molecule has 0 amide bonds. The number of carboxylic acids is 1. The molecule has 5 nitrogen and oxygen atoms in total. The van der Waals surface area contributed by atoms with Crippen molar-refractivity contribution in [1.82, 2.24) is 4.72 Å². The van der Waals surface area contributed by atoms with Crippen molar-refractivity contribution in [2.45, 2.75) is 36.6 Å². The number of nitrogens with one attached hydrogen (secondary N) is 1. The first kappa shape index (κ1) is 13.5. The Morgan fingerprint density at radius 3 is 2.50 bits per heavy atom. The van der Waals surface area contributed by atoms with Gasteiger partial charge in [0, 0.05) is 11.4 Å². The van der Waals surface area contributed by atoms with Crippen LogP contribution < -0.4 is 4.72 Å². The van der Waals surface area contributed by atoms with Crippen molar-refractivity contribution in [2.24, 2.45) is 5.92 Å². The zero-order valence-electron chi connectivity index (χ0n) is 9.70. The summed E-state index contributed by atoms with van der Waals surface area (Å²) in [5.41, 5.74) is 0. The number of hydrogen-bond donors (Lipinski definition) is 2. The van der Waals surface area contributed by atoms with Crippen LogP contribution in [0.25, 0.3) is 0 Å². The Morgan fingerprint density at radius 2 is 2.00 bits per heavy atom. The highest BCUT2D eigenvalue weighted by Crippen LogP contribution is 2.25. The number of thiophene rings is 1. The second-order valence-corrected chi connectivity index (χ2v) is 6.96. The molecule has 0 bridgehead atoms. The average molecular weight is 289 g/mol. The molecule has 0 saturated heterocycles. The van der Waals surface area contributed by atoms with E-state index in [4.69, 9.17) is 5.11 Å². The van der Waals surface area contributed by atoms with E-state index in [1.807, 2.05) is 0 Å². The van der Waals surface area contributed by atoms with E-state index in [9.17, 15) is 13.2 Å². The van der Waals surface area contributed by atoms with Crippen LogP contribution in [0.1, 0.15) is 25.7 Å². The fourth-order valence-electron chi connectivity index (χ4n) is 2.15. The third-order valence-corrected chi connectivity index (χ3v) is 5.55. The van der Waals surface area contributed by atoms with E-state index in [-0.39, 0.29) is 16.9 Å². The van der Waals surface area contributed by atoms with Crippen molar-refractivity contribution in [3.8, 4) is 0 Å². The van der Waals surface area contributed by atoms with Gasteiger partial charge in [0.05, 0.1) is 10.8 Å². The van der Waals surface area contributed by atoms with Crippen molar-refractivity contribution in [1.29, 1.82) is 0 Å². The maximum absolute atomic E-state index is 12.0. The van der Waals surface area contributed by atoms with Crippen LogP contribution in [0.5, 0.6) is 0 Å². The van der Waals surface area contributed by atoms with Gasteiger partial charge in [-0.05, 0) is 37.1 Å². The molecule has 1 saturated carbocycles. The molecule has 0 atom stereocenters. The highest BCUT2D eigenvalue weighted by Gasteiger charge is 2.28. The Kier molecular flexibility index (Phi) is 4.04. The number of carbonyl (C=O) groups is 1. The maximum atomic E-state index is 12.0. The Balaban J connectivity index is 1.94. The monoisotopic (exact) mass is 289 g/mol. The van der Waals surface area contributed by atoms with Crippen LogP contribution in [-0.2, 0) is 14.8 Å². The van der Waals surface area contributed by atoms with Gasteiger partial charge in [0.15, 0.2) is 0 Å². The lowest BCUT2D eigenvalue weighted by Gasteiger charge is -2.26. The Labute approximate surface area is 110 Å². The van der Waals surface area contributed by atoms with Crippen molar-refractivity contribution in [3.05, 3.63) is 16.8 Å². The SMILES string of the molecule is O=C(O)C1CCC(NS(=O)(=O)c2ccsc2)CC1. The Bertz CT molecular complexity index is 501. The fraction of sp³-hybridized carbons (Fsp3) is 0.545. The topological polar surface area (TPSA) is 83.5 Å². The highest BCUT2D eigenvalue weighted by atomic mass is 32.2. The summed E-state index contributed by atoms with van der Waals surface area (Å²) >= 11 is 1.34. The summed E-state index contributed by atoms with van der Waals surface area (Å²) in [6, 6.07) is 1.42. The first-order chi connectivity index (χ1) is 8.49. The lowest BCUT2D eigenvalue weighted by atomic mass is 9.87. The van der Waals surface area contributed by atoms with E-state index in [0.717, 1.165) is 0 Å². The quantitative estimate of drug-likeness (QED) is 0.883. The summed E-state index contributed by atoms with van der Waals surface area (Å²) < 4.78 is 26.6. The lowest BCUT2D eigenvalue weighted by Crippen LogP contribution is -2.38. The molecule has 1 fully saturated rings. The summed E-state index contributed by atoms with van der Waals surface area (Å²) in [4.78, 5) is 11.1. The van der Waals surface area contributed by atoms with E-state index in [2.05, 4.69) is 4.72 Å². The van der Waals surface area contributed by atoms with Gasteiger partial charge in [-0.25, -0.2) is 13.1 Å². The third-order valence-electron chi connectivity index (χ3n) is 3.20. The zero-order valence-corrected chi connectivity index (χ0v) is 11.3. The lowest BCUT2D eigenvalue weighted by molar-refractivity contribution is -0.142. The van der Waals surface area contributed by atoms with Gasteiger partial charge in [0.2, 0.25) is 10.0 Å². The van der Waals surface area contributed by atoms with E-state index >= 15 is 0 Å². The van der Waals surface area contributed by atoms with Gasteiger partial charge >= 0.3 is 5.97 Å². The van der Waals surface area contributed by atoms with Crippen molar-refractivity contribution in [3.63, 3.8) is 0 Å². The molecular weight excluding hydrogens is 274 g/mol. The maximum Gasteiger partial charge on any atom is 0.306 e. The molecule has 2 N–H and O–H groups in total. The van der Waals surface area contributed by atoms with Crippen LogP contribution in [-0.4, -0.2) is 25.5 Å². The molecule has 0 aromatic carbocycles. The summed E-state index contributed by atoms with van der Waals surface area (Å²) in [5.74, 6) is -1.11. The van der Waals surface area contributed by atoms with Gasteiger partial charge in [-0.3, -0.25) is 4.79 Å². The number of carboxylic acid groups (broad SMARTS) is 1. The number of rotatable bonds is 4. The molecule has 0 radical (unpaired) electrons. The summed E-state index contributed by atoms with van der Waals surface area (Å²) in [6.07, 6.45) is 2.24. The highest BCUT2D eigenvalue weighted by molar-refractivity contribution is 7.89. The van der Waals surface area contributed by atoms with Crippen LogP contribution in [0.2, 0.25) is 0 Å². The van der Waals surface area contributed by atoms with Gasteiger partial charge in [-0.1, -0.05) is 0 Å². The van der Waals surface area contributed by atoms with E-state index in [1.165, 1.54) is 11.3 Å². The fourth-order valence-corrected chi connectivity index (χ4v) is 4.48. The molecule has 1 heterocycles. The summed E-state index contributed by atoms with van der Waals surface area (Å²) in [7, 11) is -3.44. The molecule has 2 rings (SSSR count). The van der Waals surface area contributed by atoms with Gasteiger partial charge in [-0.15, -0.1) is 0 Å². The van der Waals surface area contributed by atoms with Crippen LogP contribution in [0.4, 0.5) is 0 Å². The van der Waals surface area contributed by atoms with Crippen molar-refractivity contribution >= 4 is 27.3 Å². The smallest absolute Gasteiger partial charge is 0.306 e. The van der Waals surface area contributed by atoms with E-state index in [0.29, 0.717) is 25.7 Å². The molecule has 1 aliphatic rings. The van der Waals surface area contributed by atoms with Crippen LogP contribution in [0.3, 0.4) is 0 Å². The predicted molar refractivity (Wildman–Crippen MR) is 68.0 cm³/mol. The number of hydrogen-bond acceptors (Lipinski definition) is 4. The Hall–Kier alpha value is -0.920. The van der Waals surface area contributed by atoms with Gasteiger partial charge in [-0.2, -0.15) is 11.3 Å². The minimum absolute atomic E-state index is 0.148. The van der Waals surface area contributed by atoms with E-state index < -0.39 is 16.0 Å². The van der Waals surface area contributed by atoms with Gasteiger partial charge in [0.1, 0.15) is 0 Å². The van der Waals surface area contributed by atoms with Gasteiger partial charge < -0.3 is 5.11 Å². The second-order valence-electron chi connectivity index (χ2n) is 4.47. The molecule has 1 aromatic heterocycles. The molecule has 0 unspecified atom stereocenters. The van der Waals surface area contributed by atoms with Crippen LogP contribution in [0.15, 0.2) is 21.7 Å². The first-order valence-electron chi connectivity index (χ1n) is 5.76. The largest absolute Gasteiger partial charge is 0.481 e. The summed E-state index contributed by atoms with van der Waals surface area (Å²) in [5, 5.41) is 12.2. The molecule has 0 aliphatic heterocycles. The minimum atomic E-state index is -3.44. The minimum Gasteiger partial charge on any atom is -0.481 e. The van der Waals surface area contributed by atoms with E-state index in [1.54, 1.807) is 16.8 Å². The van der Waals surface area contributed by atoms with Crippen LogP contribution >= 0.6 is 11.3 Å². The number of aliphatic carboxylic acids is 1. The average Bonchev–Trinajstić information content (AvgIpc) is 2.83. The van der Waals surface area contributed by atoms with Crippen molar-refractivity contribution < 1.29 is 18.3 Å². The zero-order chi connectivity index (χ0) is 13.2. The molecule has 0 spiro atoms. The molecule has 100 valence electrons. The van der Waals surface area contributed by atoms with Crippen molar-refractivity contribution in [2.75, 3.05) is 0 Å². The number of sulfonamides is 1. The van der Waals surface area contributed by atoms with Crippen LogP contribution in [0, 0.1) is 5.92 Å². The normalized spacial score (nSPS) is 24.9. The first-order valence-corrected chi connectivity index (χ1v) is 8.19. The predicted octanol–water partition coefficient (Wildman–Crippen LogP) is 1.67. The molecule has 1 aromatic rings.